The van der Waals surface area contributed by atoms with Gasteiger partial charge in [-0.1, -0.05) is 213 Å². The summed E-state index contributed by atoms with van der Waals surface area (Å²) in [7, 11) is 1.54. The van der Waals surface area contributed by atoms with Crippen molar-refractivity contribution in [1.82, 2.24) is 56.3 Å². The molecule has 7 aliphatic carbocycles. The Bertz CT molecular complexity index is 7690. The molecular weight excluding hydrogens is 2100 g/mol. The maximum Gasteiger partial charge on any atom is 0.284 e. The summed E-state index contributed by atoms with van der Waals surface area (Å²) in [6.45, 7) is 6.15. The highest BCUT2D eigenvalue weighted by Crippen LogP contribution is 2.41. The van der Waals surface area contributed by atoms with Gasteiger partial charge in [0, 0.05) is 110 Å². The summed E-state index contributed by atoms with van der Waals surface area (Å²) in [5.41, 5.74) is 37.8. The first kappa shape index (κ1) is 103. The fourth-order valence-electron chi connectivity index (χ4n) is 15.6. The van der Waals surface area contributed by atoms with Crippen LogP contribution in [0, 0.1) is 0 Å². The lowest BCUT2D eigenvalue weighted by molar-refractivity contribution is 0.0931. The van der Waals surface area contributed by atoms with Crippen LogP contribution in [0.5, 0.6) is 0 Å². The Hall–Kier alpha value is -14.7. The summed E-state index contributed by atoms with van der Waals surface area (Å²) < 4.78 is 1.86. The molecule has 0 unspecified atom stereocenters. The number of benzene rings is 7. The van der Waals surface area contributed by atoms with E-state index in [2.05, 4.69) is 82.7 Å². The monoisotopic (exact) mass is 2180 g/mol. The molecule has 0 atom stereocenters. The Balaban J connectivity index is 0.000000126. The molecular formula is C104H80Br2ClN15O14S7. The number of halogens is 3. The predicted molar refractivity (Wildman–Crippen MR) is 564 cm³/mol. The Morgan fingerprint density at radius 3 is 0.895 bits per heavy atom. The lowest BCUT2D eigenvalue weighted by Gasteiger charge is -2.06. The van der Waals surface area contributed by atoms with Crippen molar-refractivity contribution in [2.45, 2.75) is 71.8 Å². The Morgan fingerprint density at radius 2 is 0.601 bits per heavy atom. The van der Waals surface area contributed by atoms with E-state index in [4.69, 9.17) is 34.6 Å². The summed E-state index contributed by atoms with van der Waals surface area (Å²) >= 11 is 21.1. The van der Waals surface area contributed by atoms with Crippen molar-refractivity contribution in [1.29, 1.82) is 0 Å². The third-order valence-electron chi connectivity index (χ3n) is 22.4. The minimum absolute atomic E-state index is 0.0396. The predicted octanol–water partition coefficient (Wildman–Crippen LogP) is 18.1. The smallest absolute Gasteiger partial charge is 0.284 e. The number of aromatic nitrogens is 7. The standard InChI is InChI=1S/C17H16N2O2S.C16H14N2O2S.C15H12N2O2S.C14H8Br2N2O2S.C14H9ClN2O2S.C14H11N3O2S.C14H10N2O2S/c1-10(2)18-16(21)14-9-22-17(19-14)15(20)13-8-7-11-5-3-4-6-12(11)13;1-2-17-15(20)13-9-21-16(18-13)14(19)12-8-7-10-5-3-4-6-11(10)12;1-16-14(19)12-8-20-15(17-12)13(18)11-7-6-9-4-2-3-5-10(9)11;15-6-3-9-7(10(16)4-6)1-2-8(9)12(19)14-18-11(5-21-14)13(17)20;15-8-3-1-7-2-4-9(10(7)5-8)12(18)14-17-11(6-20-14)13(16)19;15-17-13(19)11-7-20-14(16-11)12(18)10-6-5-8-3-1-2-4-9(8)10;15-13(18)11-7-19-14(16-11)12(17)10-6-5-8-3-1-2-4-9(8)10/h3-6,8-10H,7H2,1-2H3,(H,18,21);3-6,8-9H,2,7H2,1H3,(H,17,20);2-5,7-8H,6H2,1H3,(H,16,19);2-5H,1H2,(H2,17,20);1,3-6H,2H2,(H2,16,19);1-4,6-7H,5,15H2,(H,17,19);1-4,6-7H,5H2,(H2,15,18). The van der Waals surface area contributed by atoms with Gasteiger partial charge in [-0.2, -0.15) is 0 Å². The molecule has 7 aromatic carbocycles. The summed E-state index contributed by atoms with van der Waals surface area (Å²) in [4.78, 5) is 195. The first-order valence-corrected chi connectivity index (χ1v) is 51.8. The van der Waals surface area contributed by atoms with E-state index >= 15 is 0 Å². The minimum Gasteiger partial charge on any atom is -0.364 e. The van der Waals surface area contributed by atoms with Crippen molar-refractivity contribution in [3.05, 3.63) is 399 Å². The Kier molecular flexibility index (Phi) is 33.3. The maximum atomic E-state index is 12.6. The third kappa shape index (κ3) is 23.7. The number of rotatable bonds is 23. The molecule has 7 aromatic heterocycles. The van der Waals surface area contributed by atoms with Crippen molar-refractivity contribution >= 4 is 244 Å². The van der Waals surface area contributed by atoms with E-state index in [1.165, 1.54) is 55.5 Å². The molecule has 39 heteroatoms. The summed E-state index contributed by atoms with van der Waals surface area (Å²) in [6.07, 6.45) is 18.5. The zero-order valence-corrected chi connectivity index (χ0v) is 85.5. The number of Topliss-reactive ketones (excluding diaryl/α,β-unsaturated/α-hetero) is 7. The highest BCUT2D eigenvalue weighted by molar-refractivity contribution is 9.11. The molecule has 7 heterocycles. The van der Waals surface area contributed by atoms with Gasteiger partial charge in [0.1, 0.15) is 39.9 Å². The number of thiazole rings is 7. The van der Waals surface area contributed by atoms with Crippen molar-refractivity contribution in [3.8, 4) is 0 Å². The van der Waals surface area contributed by atoms with Crippen LogP contribution in [0.2, 0.25) is 5.02 Å². The number of carbonyl (C=O) groups is 14. The van der Waals surface area contributed by atoms with Gasteiger partial charge in [-0.15, -0.1) is 79.4 Å². The molecule has 0 fully saturated rings. The average molecular weight is 2180 g/mol. The van der Waals surface area contributed by atoms with Gasteiger partial charge in [-0.25, -0.2) is 40.7 Å². The zero-order valence-electron chi connectivity index (χ0n) is 75.9. The van der Waals surface area contributed by atoms with Gasteiger partial charge in [0.2, 0.25) is 40.5 Å². The topological polar surface area (TPSA) is 481 Å². The second-order valence-corrected chi connectivity index (χ2v) is 40.2. The second-order valence-electron chi connectivity index (χ2n) is 32.0. The molecule has 7 aliphatic rings. The highest BCUT2D eigenvalue weighted by atomic mass is 79.9. The highest BCUT2D eigenvalue weighted by Gasteiger charge is 2.33. The van der Waals surface area contributed by atoms with Gasteiger partial charge >= 0.3 is 0 Å². The van der Waals surface area contributed by atoms with E-state index < -0.39 is 23.6 Å². The quantitative estimate of drug-likeness (QED) is 0.0128. The first-order chi connectivity index (χ1) is 68.9. The van der Waals surface area contributed by atoms with Gasteiger partial charge < -0.3 is 33.2 Å². The van der Waals surface area contributed by atoms with E-state index in [1.807, 2.05) is 208 Å². The van der Waals surface area contributed by atoms with Crippen LogP contribution in [0.25, 0.3) is 39.0 Å². The number of allylic oxidation sites excluding steroid dienone is 14. The number of amides is 7. The van der Waals surface area contributed by atoms with Crippen LogP contribution in [0.3, 0.4) is 0 Å². The molecule has 0 saturated carbocycles. The summed E-state index contributed by atoms with van der Waals surface area (Å²) in [5.74, 6) is 0.869. The Morgan fingerprint density at radius 1 is 0.336 bits per heavy atom. The SMILES string of the molecule is CC(C)NC(=O)c1csc(C(=O)C2=CCc3ccccc32)n1.CCNC(=O)c1csc(C(=O)C2=CCc3ccccc32)n1.CNC(=O)c1csc(C(=O)C2=CCc3ccccc32)n1.NC(=O)c1csc(C(=O)C2=CCc3c(Br)cc(Br)cc32)n1.NC(=O)c1csc(C(=O)C2=CCc3ccc(Cl)cc32)n1.NC(=O)c1csc(C(=O)C2=CCc3ccccc32)n1.NNC(=O)c1csc(C(=O)C2=CCc3ccccc32)n1. The van der Waals surface area contributed by atoms with E-state index in [1.54, 1.807) is 35.3 Å². The number of fused-ring (bicyclic) bond motifs is 7. The number of hydrazine groups is 1. The van der Waals surface area contributed by atoms with E-state index in [0.717, 1.165) is 164 Å². The number of nitrogens with one attached hydrogen (secondary N) is 4. The normalized spacial score (nSPS) is 12.9. The molecule has 0 radical (unpaired) electrons. The molecule has 0 bridgehead atoms. The number of primary amides is 3. The van der Waals surface area contributed by atoms with Crippen molar-refractivity contribution in [2.75, 3.05) is 13.6 Å². The molecule has 718 valence electrons. The number of carbonyl (C=O) groups excluding carboxylic acids is 14. The number of nitrogen functional groups attached to an aromatic ring is 1. The molecule has 14 aromatic rings. The molecule has 143 heavy (non-hydrogen) atoms. The van der Waals surface area contributed by atoms with Gasteiger partial charge in [-0.3, -0.25) is 72.5 Å². The first-order valence-electron chi connectivity index (χ1n) is 43.7. The van der Waals surface area contributed by atoms with Gasteiger partial charge in [0.15, 0.2) is 35.1 Å². The Labute approximate surface area is 866 Å². The van der Waals surface area contributed by atoms with Crippen molar-refractivity contribution < 1.29 is 67.1 Å². The fraction of sp³-hybridized carbons (Fsp3) is 0.125. The second kappa shape index (κ2) is 46.4. The molecule has 7 amide bonds. The number of ketones is 7. The van der Waals surface area contributed by atoms with Crippen LogP contribution in [0.4, 0.5) is 0 Å². The molecule has 0 saturated heterocycles. The maximum absolute atomic E-state index is 12.6. The van der Waals surface area contributed by atoms with E-state index in [0.29, 0.717) is 99.8 Å². The minimum atomic E-state index is -0.635. The van der Waals surface area contributed by atoms with Crippen LogP contribution in [0.15, 0.2) is 241 Å². The van der Waals surface area contributed by atoms with Crippen LogP contribution in [-0.2, 0) is 44.9 Å². The molecule has 0 aliphatic heterocycles. The number of hydrogen-bond donors (Lipinski definition) is 8. The molecule has 0 spiro atoms. The van der Waals surface area contributed by atoms with Gasteiger partial charge in [0.25, 0.3) is 41.4 Å². The largest absolute Gasteiger partial charge is 0.364 e. The van der Waals surface area contributed by atoms with E-state index in [-0.39, 0.29) is 103 Å². The van der Waals surface area contributed by atoms with Crippen LogP contribution >= 0.6 is 123 Å². The molecule has 21 rings (SSSR count). The summed E-state index contributed by atoms with van der Waals surface area (Å²) in [5, 5.41) is 21.6. The summed E-state index contributed by atoms with van der Waals surface area (Å²) in [6, 6.07) is 48.5. The number of nitrogens with zero attached hydrogens (tertiary/aromatic N) is 7. The van der Waals surface area contributed by atoms with Crippen molar-refractivity contribution in [3.63, 3.8) is 0 Å². The van der Waals surface area contributed by atoms with Crippen LogP contribution in [-0.4, -0.2) is 136 Å². The number of hydrogen-bond acceptors (Lipinski definition) is 29. The zero-order chi connectivity index (χ0) is 102. The van der Waals surface area contributed by atoms with Gasteiger partial charge in [-0.05, 0) is 168 Å². The van der Waals surface area contributed by atoms with Gasteiger partial charge in [0.05, 0.1) is 0 Å². The third-order valence-corrected chi connectivity index (χ3v) is 29.7. The lowest BCUT2D eigenvalue weighted by Crippen LogP contribution is -2.30. The number of nitrogens with two attached hydrogens (primary N) is 4. The van der Waals surface area contributed by atoms with Crippen LogP contribution < -0.4 is 44.4 Å². The van der Waals surface area contributed by atoms with Crippen LogP contribution in [0.1, 0.15) is 241 Å². The fourth-order valence-corrected chi connectivity index (χ4v) is 22.4. The van der Waals surface area contributed by atoms with Crippen molar-refractivity contribution in [2.24, 2.45) is 23.0 Å². The van der Waals surface area contributed by atoms with E-state index in [9.17, 15) is 67.1 Å². The molecule has 12 N–H and O–H groups in total. The molecule has 29 nitrogen and oxygen atoms in total. The lowest BCUT2D eigenvalue weighted by atomic mass is 10.0. The average Bonchev–Trinajstić information content (AvgIpc) is 1.62.